The van der Waals surface area contributed by atoms with Crippen LogP contribution in [0.15, 0.2) is 18.5 Å². The summed E-state index contributed by atoms with van der Waals surface area (Å²) in [5.41, 5.74) is 10.5. The molecular formula is C13H18N4. The second-order valence-corrected chi connectivity index (χ2v) is 4.40. The zero-order valence-electron chi connectivity index (χ0n) is 10.6. The molecule has 2 N–H and O–H groups in total. The van der Waals surface area contributed by atoms with Crippen molar-refractivity contribution in [2.24, 2.45) is 5.73 Å². The fourth-order valence-corrected chi connectivity index (χ4v) is 2.30. The van der Waals surface area contributed by atoms with Gasteiger partial charge >= 0.3 is 0 Å². The minimum Gasteiger partial charge on any atom is -0.330 e. The average molecular weight is 230 g/mol. The summed E-state index contributed by atoms with van der Waals surface area (Å²) < 4.78 is 2.04. The monoisotopic (exact) mass is 230 g/mol. The Hall–Kier alpha value is -1.68. The molecule has 0 aliphatic rings. The van der Waals surface area contributed by atoms with E-state index in [0.717, 1.165) is 12.2 Å². The van der Waals surface area contributed by atoms with Gasteiger partial charge in [0.2, 0.25) is 0 Å². The lowest BCUT2D eigenvalue weighted by atomic mass is 10.0. The predicted octanol–water partition coefficient (Wildman–Crippen LogP) is 1.69. The van der Waals surface area contributed by atoms with Gasteiger partial charge < -0.3 is 5.73 Å². The summed E-state index contributed by atoms with van der Waals surface area (Å²) in [5.74, 6) is 0.919. The number of hydrogen-bond donors (Lipinski definition) is 1. The van der Waals surface area contributed by atoms with Crippen molar-refractivity contribution < 1.29 is 0 Å². The molecular weight excluding hydrogens is 212 g/mol. The molecule has 0 saturated heterocycles. The number of aromatic nitrogens is 3. The van der Waals surface area contributed by atoms with Crippen LogP contribution in [-0.4, -0.2) is 21.3 Å². The highest BCUT2D eigenvalue weighted by Gasteiger charge is 2.10. The van der Waals surface area contributed by atoms with Crippen LogP contribution in [0, 0.1) is 20.8 Å². The molecule has 0 aliphatic heterocycles. The van der Waals surface area contributed by atoms with Gasteiger partial charge in [-0.2, -0.15) is 0 Å². The summed E-state index contributed by atoms with van der Waals surface area (Å²) >= 11 is 0. The highest BCUT2D eigenvalue weighted by molar-refractivity contribution is 5.49. The van der Waals surface area contributed by atoms with E-state index in [0.29, 0.717) is 6.54 Å². The van der Waals surface area contributed by atoms with Crippen LogP contribution < -0.4 is 5.73 Å². The Labute approximate surface area is 101 Å². The van der Waals surface area contributed by atoms with Gasteiger partial charge in [0.15, 0.2) is 0 Å². The van der Waals surface area contributed by atoms with Crippen molar-refractivity contribution in [3.05, 3.63) is 41.0 Å². The van der Waals surface area contributed by atoms with E-state index in [1.165, 1.54) is 22.4 Å². The smallest absolute Gasteiger partial charge is 0.138 e. The zero-order chi connectivity index (χ0) is 12.4. The van der Waals surface area contributed by atoms with Crippen LogP contribution >= 0.6 is 0 Å². The molecule has 0 amide bonds. The van der Waals surface area contributed by atoms with Gasteiger partial charge in [-0.3, -0.25) is 4.57 Å². The summed E-state index contributed by atoms with van der Waals surface area (Å²) in [4.78, 5) is 0. The van der Waals surface area contributed by atoms with Crippen molar-refractivity contribution in [3.8, 4) is 5.69 Å². The van der Waals surface area contributed by atoms with E-state index < -0.39 is 0 Å². The molecule has 0 spiro atoms. The maximum absolute atomic E-state index is 5.59. The van der Waals surface area contributed by atoms with Gasteiger partial charge in [0.25, 0.3) is 0 Å². The van der Waals surface area contributed by atoms with Crippen LogP contribution in [-0.2, 0) is 6.42 Å². The summed E-state index contributed by atoms with van der Waals surface area (Å²) in [6, 6.07) is 4.35. The number of rotatable bonds is 3. The number of hydrogen-bond acceptors (Lipinski definition) is 3. The lowest BCUT2D eigenvalue weighted by Crippen LogP contribution is -2.10. The van der Waals surface area contributed by atoms with Crippen LogP contribution in [0.25, 0.3) is 5.69 Å². The molecule has 1 aromatic carbocycles. The first-order valence-electron chi connectivity index (χ1n) is 5.80. The fourth-order valence-electron chi connectivity index (χ4n) is 2.30. The Morgan fingerprint density at radius 2 is 1.82 bits per heavy atom. The molecule has 0 atom stereocenters. The van der Waals surface area contributed by atoms with Gasteiger partial charge in [0.05, 0.1) is 5.69 Å². The molecule has 17 heavy (non-hydrogen) atoms. The standard InChI is InChI=1S/C13H18N4/c1-9-6-10(2)13(11(3)7-9)17-8-15-16-12(17)4-5-14/h6-8H,4-5,14H2,1-3H3. The van der Waals surface area contributed by atoms with E-state index in [1.807, 2.05) is 4.57 Å². The SMILES string of the molecule is Cc1cc(C)c(-n2cnnc2CCN)c(C)c1. The highest BCUT2D eigenvalue weighted by Crippen LogP contribution is 2.21. The lowest BCUT2D eigenvalue weighted by molar-refractivity contribution is 0.825. The predicted molar refractivity (Wildman–Crippen MR) is 68.3 cm³/mol. The van der Waals surface area contributed by atoms with E-state index in [-0.39, 0.29) is 0 Å². The summed E-state index contributed by atoms with van der Waals surface area (Å²) in [5, 5.41) is 8.10. The average Bonchev–Trinajstić information content (AvgIpc) is 2.65. The molecule has 0 bridgehead atoms. The van der Waals surface area contributed by atoms with Crippen LogP contribution in [0.1, 0.15) is 22.5 Å². The van der Waals surface area contributed by atoms with Crippen LogP contribution in [0.5, 0.6) is 0 Å². The van der Waals surface area contributed by atoms with E-state index in [9.17, 15) is 0 Å². The molecule has 4 nitrogen and oxygen atoms in total. The maximum Gasteiger partial charge on any atom is 0.138 e. The first-order valence-corrected chi connectivity index (χ1v) is 5.80. The molecule has 90 valence electrons. The highest BCUT2D eigenvalue weighted by atomic mass is 15.3. The summed E-state index contributed by atoms with van der Waals surface area (Å²) in [6.45, 7) is 6.92. The third kappa shape index (κ3) is 2.22. The van der Waals surface area contributed by atoms with Gasteiger partial charge in [0, 0.05) is 6.42 Å². The van der Waals surface area contributed by atoms with Gasteiger partial charge in [0.1, 0.15) is 12.2 Å². The first-order chi connectivity index (χ1) is 8.13. The number of aryl methyl sites for hydroxylation is 3. The second-order valence-electron chi connectivity index (χ2n) is 4.40. The molecule has 0 aliphatic carbocycles. The summed E-state index contributed by atoms with van der Waals surface area (Å²) in [7, 11) is 0. The van der Waals surface area contributed by atoms with Gasteiger partial charge in [-0.25, -0.2) is 0 Å². The summed E-state index contributed by atoms with van der Waals surface area (Å²) in [6.07, 6.45) is 2.50. The van der Waals surface area contributed by atoms with Crippen molar-refractivity contribution in [2.45, 2.75) is 27.2 Å². The van der Waals surface area contributed by atoms with Crippen molar-refractivity contribution in [3.63, 3.8) is 0 Å². The second kappa shape index (κ2) is 4.67. The van der Waals surface area contributed by atoms with E-state index in [2.05, 4.69) is 43.1 Å². The third-order valence-corrected chi connectivity index (χ3v) is 2.86. The molecule has 0 unspecified atom stereocenters. The van der Waals surface area contributed by atoms with E-state index >= 15 is 0 Å². The Bertz CT molecular complexity index is 505. The molecule has 0 saturated carbocycles. The minimum atomic E-state index is 0.586. The third-order valence-electron chi connectivity index (χ3n) is 2.86. The number of nitrogens with two attached hydrogens (primary N) is 1. The Morgan fingerprint density at radius 3 is 2.41 bits per heavy atom. The largest absolute Gasteiger partial charge is 0.330 e. The minimum absolute atomic E-state index is 0.586. The first kappa shape index (κ1) is 11.8. The molecule has 0 fully saturated rings. The Balaban J connectivity index is 2.56. The molecule has 2 rings (SSSR count). The van der Waals surface area contributed by atoms with Crippen molar-refractivity contribution in [1.82, 2.24) is 14.8 Å². The lowest BCUT2D eigenvalue weighted by Gasteiger charge is -2.13. The van der Waals surface area contributed by atoms with E-state index in [1.54, 1.807) is 6.33 Å². The fraction of sp³-hybridized carbons (Fsp3) is 0.385. The van der Waals surface area contributed by atoms with Crippen LogP contribution in [0.4, 0.5) is 0 Å². The maximum atomic E-state index is 5.59. The van der Waals surface area contributed by atoms with Gasteiger partial charge in [-0.15, -0.1) is 10.2 Å². The topological polar surface area (TPSA) is 56.7 Å². The Morgan fingerprint density at radius 1 is 1.18 bits per heavy atom. The quantitative estimate of drug-likeness (QED) is 0.873. The molecule has 0 radical (unpaired) electrons. The number of benzene rings is 1. The molecule has 4 heteroatoms. The van der Waals surface area contributed by atoms with Crippen molar-refractivity contribution in [1.29, 1.82) is 0 Å². The van der Waals surface area contributed by atoms with Gasteiger partial charge in [-0.05, 0) is 38.4 Å². The van der Waals surface area contributed by atoms with Gasteiger partial charge in [-0.1, -0.05) is 17.7 Å². The Kier molecular flexibility index (Phi) is 3.24. The normalized spacial score (nSPS) is 10.8. The van der Waals surface area contributed by atoms with Crippen molar-refractivity contribution in [2.75, 3.05) is 6.54 Å². The molecule has 1 heterocycles. The van der Waals surface area contributed by atoms with Crippen LogP contribution in [0.2, 0.25) is 0 Å². The number of nitrogens with zero attached hydrogens (tertiary/aromatic N) is 3. The van der Waals surface area contributed by atoms with E-state index in [4.69, 9.17) is 5.73 Å². The van der Waals surface area contributed by atoms with Crippen LogP contribution in [0.3, 0.4) is 0 Å². The molecule has 1 aromatic heterocycles. The van der Waals surface area contributed by atoms with Crippen molar-refractivity contribution >= 4 is 0 Å². The zero-order valence-corrected chi connectivity index (χ0v) is 10.6. The molecule has 2 aromatic rings.